The summed E-state index contributed by atoms with van der Waals surface area (Å²) in [6.45, 7) is 5.09. The van der Waals surface area contributed by atoms with Crippen molar-refractivity contribution in [3.05, 3.63) is 64.4 Å². The molecule has 0 spiro atoms. The van der Waals surface area contributed by atoms with Gasteiger partial charge in [0.15, 0.2) is 15.6 Å². The van der Waals surface area contributed by atoms with Crippen molar-refractivity contribution < 1.29 is 37.1 Å². The zero-order valence-corrected chi connectivity index (χ0v) is 25.4. The summed E-state index contributed by atoms with van der Waals surface area (Å²) in [6, 6.07) is 7.76. The monoisotopic (exact) mass is 628 g/mol. The molecule has 2 aromatic carbocycles. The van der Waals surface area contributed by atoms with E-state index in [9.17, 15) is 37.1 Å². The number of benzene rings is 2. The van der Waals surface area contributed by atoms with Gasteiger partial charge >= 0.3 is 5.97 Å². The van der Waals surface area contributed by atoms with E-state index in [1.54, 1.807) is 26.8 Å². The summed E-state index contributed by atoms with van der Waals surface area (Å²) in [5.41, 5.74) is 0.648. The zero-order valence-electron chi connectivity index (χ0n) is 23.0. The maximum atomic E-state index is 14.0. The number of Topliss-reactive ketones (excluding diaryl/α,β-unsaturated/α-hetero) is 1. The Kier molecular flexibility index (Phi) is 13.3. The molecule has 2 amide bonds. The van der Waals surface area contributed by atoms with Crippen LogP contribution in [0.25, 0.3) is 0 Å². The molecule has 41 heavy (non-hydrogen) atoms. The highest BCUT2D eigenvalue weighted by atomic mass is 35.5. The lowest BCUT2D eigenvalue weighted by atomic mass is 10.0. The quantitative estimate of drug-likeness (QED) is 0.254. The minimum absolute atomic E-state index is 0.0239. The van der Waals surface area contributed by atoms with Crippen LogP contribution in [0.15, 0.2) is 47.4 Å². The van der Waals surface area contributed by atoms with Crippen molar-refractivity contribution in [1.82, 2.24) is 10.6 Å². The van der Waals surface area contributed by atoms with Gasteiger partial charge in [0.25, 0.3) is 0 Å². The van der Waals surface area contributed by atoms with Gasteiger partial charge in [-0.2, -0.15) is 0 Å². The Bertz CT molecular complexity index is 1350. The van der Waals surface area contributed by atoms with E-state index < -0.39 is 63.6 Å². The number of carboxylic acid groups (broad SMARTS) is 1. The van der Waals surface area contributed by atoms with Crippen LogP contribution in [0.2, 0.25) is 5.02 Å². The molecule has 2 unspecified atom stereocenters. The van der Waals surface area contributed by atoms with Crippen LogP contribution in [0, 0.1) is 11.7 Å². The van der Waals surface area contributed by atoms with E-state index in [1.807, 2.05) is 0 Å². The first-order chi connectivity index (χ1) is 19.2. The first kappa shape index (κ1) is 34.2. The molecular weight excluding hydrogens is 595 g/mol. The number of carbonyl (C=O) groups excluding carboxylic acids is 3. The van der Waals surface area contributed by atoms with Gasteiger partial charge in [-0.3, -0.25) is 19.2 Å². The van der Waals surface area contributed by atoms with Gasteiger partial charge in [0, 0.05) is 16.3 Å². The van der Waals surface area contributed by atoms with E-state index >= 15 is 0 Å². The van der Waals surface area contributed by atoms with E-state index in [2.05, 4.69) is 10.6 Å². The van der Waals surface area contributed by atoms with E-state index in [1.165, 1.54) is 36.4 Å². The maximum Gasteiger partial charge on any atom is 0.305 e. The highest BCUT2D eigenvalue weighted by Crippen LogP contribution is 2.24. The third-order valence-electron chi connectivity index (χ3n) is 6.00. The lowest BCUT2D eigenvalue weighted by Crippen LogP contribution is -2.54. The maximum absolute atomic E-state index is 14.0. The van der Waals surface area contributed by atoms with Crippen LogP contribution in [0.3, 0.4) is 0 Å². The van der Waals surface area contributed by atoms with Crippen LogP contribution >= 0.6 is 23.4 Å². The van der Waals surface area contributed by atoms with Crippen LogP contribution in [0.1, 0.15) is 44.7 Å². The van der Waals surface area contributed by atoms with Crippen LogP contribution in [0.4, 0.5) is 4.39 Å². The summed E-state index contributed by atoms with van der Waals surface area (Å²) < 4.78 is 38.8. The van der Waals surface area contributed by atoms with E-state index in [0.29, 0.717) is 12.0 Å². The number of halogens is 2. The van der Waals surface area contributed by atoms with Crippen LogP contribution in [-0.4, -0.2) is 60.7 Å². The Balaban J connectivity index is 2.07. The predicted molar refractivity (Wildman–Crippen MR) is 156 cm³/mol. The lowest BCUT2D eigenvalue weighted by molar-refractivity contribution is -0.140. The Morgan fingerprint density at radius 2 is 1.76 bits per heavy atom. The molecule has 2 rings (SSSR count). The van der Waals surface area contributed by atoms with Gasteiger partial charge in [-0.25, -0.2) is 12.8 Å². The molecular formula is C28H34ClFN2O7S2. The highest BCUT2D eigenvalue weighted by molar-refractivity contribution is 7.99. The van der Waals surface area contributed by atoms with Gasteiger partial charge in [-0.1, -0.05) is 50.6 Å². The van der Waals surface area contributed by atoms with E-state index in [4.69, 9.17) is 11.6 Å². The second-order valence-corrected chi connectivity index (χ2v) is 13.3. The number of aliphatic carboxylic acids is 1. The average Bonchev–Trinajstić information content (AvgIpc) is 2.88. The molecule has 0 bridgehead atoms. The van der Waals surface area contributed by atoms with Gasteiger partial charge in [0.1, 0.15) is 11.9 Å². The molecule has 0 fully saturated rings. The molecule has 224 valence electrons. The molecule has 0 aromatic heterocycles. The number of carboxylic acids is 1. The number of sulfone groups is 1. The standard InChI is InChI=1S/C28H34ClFN2O7S2/c1-4-11-41(38,39)19-8-5-7-18(12-19)13-25(34)32-27(17(2)3)28(37)31-23(14-26(35)36)24(33)16-40-15-20-21(29)9-6-10-22(20)30/h5-10,12,17,23,27H,4,11,13-16H2,1-3H3,(H,31,37)(H,32,34)(H,35,36). The molecule has 0 saturated heterocycles. The average molecular weight is 629 g/mol. The van der Waals surface area contributed by atoms with Crippen LogP contribution < -0.4 is 10.6 Å². The lowest BCUT2D eigenvalue weighted by Gasteiger charge is -2.24. The summed E-state index contributed by atoms with van der Waals surface area (Å²) in [4.78, 5) is 50.2. The van der Waals surface area contributed by atoms with Gasteiger partial charge in [0.05, 0.1) is 35.3 Å². The van der Waals surface area contributed by atoms with Crippen molar-refractivity contribution in [3.8, 4) is 0 Å². The molecule has 0 heterocycles. The van der Waals surface area contributed by atoms with Crippen molar-refractivity contribution in [1.29, 1.82) is 0 Å². The molecule has 9 nitrogen and oxygen atoms in total. The Hall–Kier alpha value is -2.96. The molecule has 0 aliphatic heterocycles. The number of ketones is 1. The molecule has 0 saturated carbocycles. The Labute approximate surface area is 248 Å². The molecule has 0 aliphatic rings. The highest BCUT2D eigenvalue weighted by Gasteiger charge is 2.30. The van der Waals surface area contributed by atoms with Gasteiger partial charge in [0.2, 0.25) is 11.8 Å². The molecule has 3 N–H and O–H groups in total. The number of rotatable bonds is 16. The number of thioether (sulfide) groups is 1. The second-order valence-electron chi connectivity index (χ2n) is 9.75. The van der Waals surface area contributed by atoms with Gasteiger partial charge in [-0.05, 0) is 42.2 Å². The molecule has 2 atom stereocenters. The molecule has 0 aliphatic carbocycles. The first-order valence-electron chi connectivity index (χ1n) is 12.9. The third-order valence-corrected chi connectivity index (χ3v) is 9.25. The van der Waals surface area contributed by atoms with Gasteiger partial charge < -0.3 is 15.7 Å². The fourth-order valence-electron chi connectivity index (χ4n) is 3.89. The minimum Gasteiger partial charge on any atom is -0.481 e. The second kappa shape index (κ2) is 15.9. The van der Waals surface area contributed by atoms with Crippen molar-refractivity contribution in [2.24, 2.45) is 5.92 Å². The minimum atomic E-state index is -3.48. The van der Waals surface area contributed by atoms with Crippen LogP contribution in [-0.2, 0) is 41.2 Å². The summed E-state index contributed by atoms with van der Waals surface area (Å²) in [5, 5.41) is 14.5. The Morgan fingerprint density at radius 1 is 1.07 bits per heavy atom. The van der Waals surface area contributed by atoms with Gasteiger partial charge in [-0.15, -0.1) is 11.8 Å². The fraction of sp³-hybridized carbons (Fsp3) is 0.429. The number of hydrogen-bond acceptors (Lipinski definition) is 7. The Morgan fingerprint density at radius 3 is 2.37 bits per heavy atom. The van der Waals surface area contributed by atoms with Crippen molar-refractivity contribution in [2.45, 2.75) is 62.8 Å². The number of nitrogens with one attached hydrogen (secondary N) is 2. The zero-order chi connectivity index (χ0) is 30.7. The summed E-state index contributed by atoms with van der Waals surface area (Å²) in [7, 11) is -3.48. The fourth-order valence-corrected chi connectivity index (χ4v) is 6.59. The number of amides is 2. The normalized spacial score (nSPS) is 12.9. The first-order valence-corrected chi connectivity index (χ1v) is 16.1. The van der Waals surface area contributed by atoms with E-state index in [0.717, 1.165) is 11.8 Å². The van der Waals surface area contributed by atoms with Crippen LogP contribution in [0.5, 0.6) is 0 Å². The number of hydrogen-bond donors (Lipinski definition) is 3. The summed E-state index contributed by atoms with van der Waals surface area (Å²) >= 11 is 7.04. The van der Waals surface area contributed by atoms with E-state index in [-0.39, 0.29) is 39.2 Å². The molecule has 13 heteroatoms. The molecule has 2 aromatic rings. The summed E-state index contributed by atoms with van der Waals surface area (Å²) in [5.74, 6) is -4.31. The summed E-state index contributed by atoms with van der Waals surface area (Å²) in [6.07, 6.45) is -0.426. The third kappa shape index (κ3) is 10.8. The smallest absolute Gasteiger partial charge is 0.305 e. The number of carbonyl (C=O) groups is 4. The van der Waals surface area contributed by atoms with Crippen molar-refractivity contribution >= 4 is 56.8 Å². The topological polar surface area (TPSA) is 147 Å². The largest absolute Gasteiger partial charge is 0.481 e. The molecule has 0 radical (unpaired) electrons. The van der Waals surface area contributed by atoms with Crippen molar-refractivity contribution in [3.63, 3.8) is 0 Å². The predicted octanol–water partition coefficient (Wildman–Crippen LogP) is 3.81. The SMILES string of the molecule is CCCS(=O)(=O)c1cccc(CC(=O)NC(C(=O)NC(CC(=O)O)C(=O)CSCc2c(F)cccc2Cl)C(C)C)c1. The van der Waals surface area contributed by atoms with Crippen molar-refractivity contribution in [2.75, 3.05) is 11.5 Å².